The Morgan fingerprint density at radius 1 is 1.17 bits per heavy atom. The molecule has 1 saturated heterocycles. The van der Waals surface area contributed by atoms with Crippen LogP contribution >= 0.6 is 0 Å². The van der Waals surface area contributed by atoms with Gasteiger partial charge in [-0.2, -0.15) is 4.31 Å². The molecule has 6 nitrogen and oxygen atoms in total. The molecule has 1 aliphatic heterocycles. The first-order chi connectivity index (χ1) is 11.5. The lowest BCUT2D eigenvalue weighted by molar-refractivity contribution is 0.146. The molecule has 0 spiro atoms. The molecule has 0 unspecified atom stereocenters. The van der Waals surface area contributed by atoms with Gasteiger partial charge >= 0.3 is 0 Å². The van der Waals surface area contributed by atoms with Crippen LogP contribution in [0, 0.1) is 0 Å². The molecule has 0 N–H and O–H groups in total. The van der Waals surface area contributed by atoms with E-state index in [-0.39, 0.29) is 10.9 Å². The molecule has 0 aliphatic carbocycles. The van der Waals surface area contributed by atoms with Gasteiger partial charge in [-0.15, -0.1) is 0 Å². The highest BCUT2D eigenvalue weighted by Gasteiger charge is 2.34. The van der Waals surface area contributed by atoms with Crippen LogP contribution in [0.1, 0.15) is 11.6 Å². The van der Waals surface area contributed by atoms with Crippen LogP contribution in [-0.2, 0) is 10.0 Å². The Labute approximate surface area is 142 Å². The van der Waals surface area contributed by atoms with Gasteiger partial charge in [0, 0.05) is 37.6 Å². The van der Waals surface area contributed by atoms with Gasteiger partial charge in [0.05, 0.1) is 13.2 Å². The molecule has 0 bridgehead atoms. The van der Waals surface area contributed by atoms with Crippen LogP contribution in [0.5, 0.6) is 5.75 Å². The summed E-state index contributed by atoms with van der Waals surface area (Å²) >= 11 is 0. The van der Waals surface area contributed by atoms with E-state index in [0.717, 1.165) is 11.3 Å². The average molecular weight is 347 g/mol. The number of rotatable bonds is 4. The number of nitrogens with zero attached hydrogens (tertiary/aromatic N) is 3. The predicted molar refractivity (Wildman–Crippen MR) is 91.4 cm³/mol. The number of ether oxygens (including phenoxy) is 1. The highest BCUT2D eigenvalue weighted by Crippen LogP contribution is 2.32. The number of sulfonamides is 1. The number of hydrogen-bond donors (Lipinski definition) is 0. The monoisotopic (exact) mass is 347 g/mol. The number of benzene rings is 1. The lowest BCUT2D eigenvalue weighted by atomic mass is 10.0. The highest BCUT2D eigenvalue weighted by molar-refractivity contribution is 7.89. The van der Waals surface area contributed by atoms with E-state index in [2.05, 4.69) is 9.88 Å². The van der Waals surface area contributed by atoms with Crippen molar-refractivity contribution in [2.45, 2.75) is 10.9 Å². The van der Waals surface area contributed by atoms with Crippen molar-refractivity contribution in [1.29, 1.82) is 0 Å². The van der Waals surface area contributed by atoms with Crippen molar-refractivity contribution in [2.24, 2.45) is 0 Å². The molecule has 2 aromatic rings. The number of methoxy groups -OCH3 is 1. The minimum Gasteiger partial charge on any atom is -0.496 e. The Kier molecular flexibility index (Phi) is 4.84. The van der Waals surface area contributed by atoms with E-state index < -0.39 is 10.0 Å². The molecule has 0 radical (unpaired) electrons. The summed E-state index contributed by atoms with van der Waals surface area (Å²) in [5.74, 6) is 0.773. The van der Waals surface area contributed by atoms with Crippen molar-refractivity contribution < 1.29 is 13.2 Å². The molecular weight excluding hydrogens is 326 g/mol. The Hall–Kier alpha value is -1.96. The van der Waals surface area contributed by atoms with Gasteiger partial charge in [0.1, 0.15) is 10.6 Å². The number of likely N-dealkylation sites (N-methyl/N-ethyl adjacent to an activating group) is 1. The van der Waals surface area contributed by atoms with Crippen LogP contribution in [0.3, 0.4) is 0 Å². The summed E-state index contributed by atoms with van der Waals surface area (Å²) < 4.78 is 32.7. The Morgan fingerprint density at radius 2 is 1.96 bits per heavy atom. The van der Waals surface area contributed by atoms with Gasteiger partial charge in [0.15, 0.2) is 0 Å². The topological polar surface area (TPSA) is 62.7 Å². The van der Waals surface area contributed by atoms with Crippen molar-refractivity contribution >= 4 is 10.0 Å². The zero-order valence-electron chi connectivity index (χ0n) is 13.8. The minimum atomic E-state index is -3.54. The normalized spacial score (nSPS) is 20.0. The average Bonchev–Trinajstić information content (AvgIpc) is 2.62. The lowest BCUT2D eigenvalue weighted by Crippen LogP contribution is -2.48. The van der Waals surface area contributed by atoms with E-state index in [1.807, 2.05) is 31.3 Å². The molecule has 1 aromatic carbocycles. The van der Waals surface area contributed by atoms with Gasteiger partial charge in [-0.05, 0) is 25.2 Å². The molecule has 0 saturated carbocycles. The van der Waals surface area contributed by atoms with E-state index in [0.29, 0.717) is 19.6 Å². The molecule has 1 atom stereocenters. The van der Waals surface area contributed by atoms with E-state index >= 15 is 0 Å². The van der Waals surface area contributed by atoms with Gasteiger partial charge in [-0.1, -0.05) is 18.2 Å². The molecule has 1 fully saturated rings. The molecule has 1 aliphatic rings. The first-order valence-corrected chi connectivity index (χ1v) is 9.21. The SMILES string of the molecule is COc1ccccc1[C@H]1CN(S(=O)(=O)c2cccnc2)CCN1C. The molecule has 3 rings (SSSR count). The summed E-state index contributed by atoms with van der Waals surface area (Å²) in [4.78, 5) is 6.32. The fraction of sp³-hybridized carbons (Fsp3) is 0.353. The van der Waals surface area contributed by atoms with E-state index in [9.17, 15) is 8.42 Å². The summed E-state index contributed by atoms with van der Waals surface area (Å²) in [6.07, 6.45) is 2.96. The quantitative estimate of drug-likeness (QED) is 0.843. The van der Waals surface area contributed by atoms with E-state index in [1.165, 1.54) is 10.5 Å². The predicted octanol–water partition coefficient (Wildman–Crippen LogP) is 1.77. The van der Waals surface area contributed by atoms with E-state index in [1.54, 1.807) is 25.4 Å². The fourth-order valence-electron chi connectivity index (χ4n) is 2.99. The molecule has 2 heterocycles. The summed E-state index contributed by atoms with van der Waals surface area (Å²) in [5, 5.41) is 0. The lowest BCUT2D eigenvalue weighted by Gasteiger charge is -2.39. The van der Waals surface area contributed by atoms with Crippen molar-refractivity contribution in [3.63, 3.8) is 0 Å². The summed E-state index contributed by atoms with van der Waals surface area (Å²) in [5.41, 5.74) is 0.994. The first-order valence-electron chi connectivity index (χ1n) is 7.77. The molecule has 128 valence electrons. The number of para-hydroxylation sites is 1. The number of hydrogen-bond acceptors (Lipinski definition) is 5. The van der Waals surface area contributed by atoms with Crippen LogP contribution in [0.25, 0.3) is 0 Å². The van der Waals surface area contributed by atoms with Crippen LogP contribution in [0.2, 0.25) is 0 Å². The highest BCUT2D eigenvalue weighted by atomic mass is 32.2. The van der Waals surface area contributed by atoms with Crippen LogP contribution in [0.15, 0.2) is 53.7 Å². The van der Waals surface area contributed by atoms with Crippen LogP contribution in [0.4, 0.5) is 0 Å². The van der Waals surface area contributed by atoms with Crippen LogP contribution < -0.4 is 4.74 Å². The first kappa shape index (κ1) is 16.9. The zero-order chi connectivity index (χ0) is 17.2. The third kappa shape index (κ3) is 3.15. The van der Waals surface area contributed by atoms with Gasteiger partial charge in [-0.25, -0.2) is 8.42 Å². The Morgan fingerprint density at radius 3 is 2.67 bits per heavy atom. The molecule has 24 heavy (non-hydrogen) atoms. The maximum atomic E-state index is 12.9. The molecular formula is C17H21N3O3S. The zero-order valence-corrected chi connectivity index (χ0v) is 14.6. The molecule has 1 aromatic heterocycles. The standard InChI is InChI=1S/C17H21N3O3S/c1-19-10-11-20(24(21,22)14-6-5-9-18-12-14)13-16(19)15-7-3-4-8-17(15)23-2/h3-9,12,16H,10-11,13H2,1-2H3/t16-/m1/s1. The third-order valence-corrected chi connectivity index (χ3v) is 6.23. The second-order valence-electron chi connectivity index (χ2n) is 5.79. The van der Waals surface area contributed by atoms with Crippen molar-refractivity contribution in [2.75, 3.05) is 33.8 Å². The molecule has 0 amide bonds. The number of piperazine rings is 1. The fourth-order valence-corrected chi connectivity index (χ4v) is 4.40. The Bertz CT molecular complexity index is 796. The molecule has 7 heteroatoms. The van der Waals surface area contributed by atoms with Gasteiger partial charge in [-0.3, -0.25) is 9.88 Å². The second kappa shape index (κ2) is 6.88. The van der Waals surface area contributed by atoms with Gasteiger partial charge < -0.3 is 4.74 Å². The van der Waals surface area contributed by atoms with Crippen molar-refractivity contribution in [1.82, 2.24) is 14.2 Å². The maximum Gasteiger partial charge on any atom is 0.244 e. The second-order valence-corrected chi connectivity index (χ2v) is 7.73. The number of pyridine rings is 1. The maximum absolute atomic E-state index is 12.9. The summed E-state index contributed by atoms with van der Waals surface area (Å²) in [7, 11) is 0.0933. The smallest absolute Gasteiger partial charge is 0.244 e. The van der Waals surface area contributed by atoms with E-state index in [4.69, 9.17) is 4.74 Å². The third-order valence-electron chi connectivity index (χ3n) is 4.38. The van der Waals surface area contributed by atoms with Gasteiger partial charge in [0.2, 0.25) is 10.0 Å². The number of aromatic nitrogens is 1. The van der Waals surface area contributed by atoms with Gasteiger partial charge in [0.25, 0.3) is 0 Å². The minimum absolute atomic E-state index is 0.0543. The van der Waals surface area contributed by atoms with Crippen molar-refractivity contribution in [3.05, 3.63) is 54.4 Å². The summed E-state index contributed by atoms with van der Waals surface area (Å²) in [6, 6.07) is 10.9. The Balaban J connectivity index is 1.91. The largest absolute Gasteiger partial charge is 0.496 e. The van der Waals surface area contributed by atoms with Crippen molar-refractivity contribution in [3.8, 4) is 5.75 Å². The van der Waals surface area contributed by atoms with Crippen LogP contribution in [-0.4, -0.2) is 56.4 Å². The summed E-state index contributed by atoms with van der Waals surface area (Å²) in [6.45, 7) is 1.50.